The van der Waals surface area contributed by atoms with Gasteiger partial charge in [0, 0.05) is 24.7 Å². The SMILES string of the molecule is O=C(O)N1CCC(S(=O)(=O)c2cccc(Oc3cccc(-c4ccnc5c(C(F)(F)F)cccc45)c3)c2)CC1. The molecule has 4 aromatic rings. The van der Waals surface area contributed by atoms with E-state index in [1.807, 2.05) is 0 Å². The van der Waals surface area contributed by atoms with Gasteiger partial charge in [-0.15, -0.1) is 0 Å². The summed E-state index contributed by atoms with van der Waals surface area (Å²) in [7, 11) is -3.72. The van der Waals surface area contributed by atoms with Crippen molar-refractivity contribution in [2.45, 2.75) is 29.2 Å². The fourth-order valence-corrected chi connectivity index (χ4v) is 6.55. The first-order chi connectivity index (χ1) is 18.5. The van der Waals surface area contributed by atoms with E-state index in [1.54, 1.807) is 48.5 Å². The predicted octanol–water partition coefficient (Wildman–Crippen LogP) is 6.63. The number of para-hydroxylation sites is 1. The van der Waals surface area contributed by atoms with Crippen LogP contribution in [0.2, 0.25) is 0 Å². The molecule has 5 rings (SSSR count). The minimum atomic E-state index is -4.55. The normalized spacial score (nSPS) is 14.9. The molecule has 1 saturated heterocycles. The van der Waals surface area contributed by atoms with Crippen LogP contribution in [0.15, 0.2) is 83.9 Å². The van der Waals surface area contributed by atoms with Gasteiger partial charge in [0.05, 0.1) is 21.2 Å². The van der Waals surface area contributed by atoms with E-state index in [0.717, 1.165) is 6.07 Å². The Kier molecular flexibility index (Phi) is 6.94. The Hall–Kier alpha value is -4.12. The zero-order valence-corrected chi connectivity index (χ0v) is 21.2. The smallest absolute Gasteiger partial charge is 0.418 e. The molecule has 2 heterocycles. The highest BCUT2D eigenvalue weighted by Crippen LogP contribution is 2.38. The highest BCUT2D eigenvalue weighted by atomic mass is 32.2. The van der Waals surface area contributed by atoms with E-state index >= 15 is 0 Å². The molecule has 0 atom stereocenters. The van der Waals surface area contributed by atoms with Crippen molar-refractivity contribution in [2.75, 3.05) is 13.1 Å². The van der Waals surface area contributed by atoms with E-state index in [-0.39, 0.29) is 42.1 Å². The lowest BCUT2D eigenvalue weighted by Crippen LogP contribution is -2.41. The first-order valence-electron chi connectivity index (χ1n) is 12.1. The minimum absolute atomic E-state index is 0.0738. The molecule has 0 aliphatic carbocycles. The van der Waals surface area contributed by atoms with Crippen LogP contribution in [0.4, 0.5) is 18.0 Å². The maximum Gasteiger partial charge on any atom is 0.418 e. The van der Waals surface area contributed by atoms with Crippen LogP contribution < -0.4 is 4.74 Å². The number of likely N-dealkylation sites (tertiary alicyclic amines) is 1. The van der Waals surface area contributed by atoms with Gasteiger partial charge in [-0.05, 0) is 66.4 Å². The molecular weight excluding hydrogens is 533 g/mol. The number of pyridine rings is 1. The standard InChI is InChI=1S/C28H23F3N2O5S/c29-28(30,31)25-9-3-8-24-23(10-13-32-26(24)25)18-4-1-5-19(16-18)38-20-6-2-7-22(17-20)39(36,37)21-11-14-33(15-12-21)27(34)35/h1-10,13,16-17,21H,11-12,14-15H2,(H,34,35). The van der Waals surface area contributed by atoms with Crippen molar-refractivity contribution in [3.05, 3.63) is 84.6 Å². The molecule has 202 valence electrons. The summed E-state index contributed by atoms with van der Waals surface area (Å²) in [6, 6.07) is 18.4. The summed E-state index contributed by atoms with van der Waals surface area (Å²) in [6.45, 7) is 0.298. The monoisotopic (exact) mass is 556 g/mol. The number of fused-ring (bicyclic) bond motifs is 1. The summed E-state index contributed by atoms with van der Waals surface area (Å²) >= 11 is 0. The average molecular weight is 557 g/mol. The maximum absolute atomic E-state index is 13.5. The number of nitrogens with zero attached hydrogens (tertiary/aromatic N) is 2. The van der Waals surface area contributed by atoms with Gasteiger partial charge in [0.2, 0.25) is 0 Å². The van der Waals surface area contributed by atoms with E-state index < -0.39 is 32.9 Å². The molecule has 0 bridgehead atoms. The van der Waals surface area contributed by atoms with Crippen molar-refractivity contribution < 1.29 is 36.2 Å². The fraction of sp³-hybridized carbons (Fsp3) is 0.214. The van der Waals surface area contributed by atoms with Crippen molar-refractivity contribution >= 4 is 26.8 Å². The van der Waals surface area contributed by atoms with Crippen LogP contribution in [0.25, 0.3) is 22.0 Å². The van der Waals surface area contributed by atoms with Crippen molar-refractivity contribution in [3.8, 4) is 22.6 Å². The highest BCUT2D eigenvalue weighted by Gasteiger charge is 2.34. The Labute approximate surface area is 222 Å². The number of hydrogen-bond acceptors (Lipinski definition) is 5. The van der Waals surface area contributed by atoms with Gasteiger partial charge in [-0.3, -0.25) is 4.98 Å². The summed E-state index contributed by atoms with van der Waals surface area (Å²) in [6.07, 6.45) is -3.87. The molecule has 0 unspecified atom stereocenters. The summed E-state index contributed by atoms with van der Waals surface area (Å²) in [5, 5.41) is 8.76. The lowest BCUT2D eigenvalue weighted by molar-refractivity contribution is -0.136. The fourth-order valence-electron chi connectivity index (χ4n) is 4.78. The summed E-state index contributed by atoms with van der Waals surface area (Å²) in [4.78, 5) is 16.4. The average Bonchev–Trinajstić information content (AvgIpc) is 2.92. The number of benzene rings is 3. The molecule has 1 aliphatic rings. The maximum atomic E-state index is 13.5. The Balaban J connectivity index is 1.41. The lowest BCUT2D eigenvalue weighted by atomic mass is 9.99. The molecule has 1 amide bonds. The van der Waals surface area contributed by atoms with Crippen molar-refractivity contribution in [1.82, 2.24) is 9.88 Å². The van der Waals surface area contributed by atoms with Crippen LogP contribution in [0.5, 0.6) is 11.5 Å². The number of halogens is 3. The molecule has 0 radical (unpaired) electrons. The number of piperidine rings is 1. The van der Waals surface area contributed by atoms with E-state index in [0.29, 0.717) is 22.3 Å². The van der Waals surface area contributed by atoms with Crippen molar-refractivity contribution in [3.63, 3.8) is 0 Å². The Morgan fingerprint density at radius 3 is 2.31 bits per heavy atom. The second-order valence-electron chi connectivity index (χ2n) is 9.18. The summed E-state index contributed by atoms with van der Waals surface area (Å²) < 4.78 is 72.9. The van der Waals surface area contributed by atoms with Crippen LogP contribution in [0, 0.1) is 0 Å². The van der Waals surface area contributed by atoms with Gasteiger partial charge in [-0.25, -0.2) is 13.2 Å². The van der Waals surface area contributed by atoms with Crippen LogP contribution in [0.1, 0.15) is 18.4 Å². The van der Waals surface area contributed by atoms with Gasteiger partial charge in [0.25, 0.3) is 0 Å². The van der Waals surface area contributed by atoms with Crippen LogP contribution >= 0.6 is 0 Å². The zero-order chi connectivity index (χ0) is 27.8. The largest absolute Gasteiger partial charge is 0.465 e. The van der Waals surface area contributed by atoms with E-state index in [4.69, 9.17) is 9.84 Å². The van der Waals surface area contributed by atoms with Gasteiger partial charge in [-0.2, -0.15) is 13.2 Å². The molecule has 1 aromatic heterocycles. The van der Waals surface area contributed by atoms with Gasteiger partial charge in [0.1, 0.15) is 11.5 Å². The number of rotatable bonds is 5. The second-order valence-corrected chi connectivity index (χ2v) is 11.4. The highest BCUT2D eigenvalue weighted by molar-refractivity contribution is 7.92. The number of sulfone groups is 1. The van der Waals surface area contributed by atoms with Crippen LogP contribution in [-0.2, 0) is 16.0 Å². The summed E-state index contributed by atoms with van der Waals surface area (Å²) in [5.74, 6) is 0.642. The van der Waals surface area contributed by atoms with E-state index in [9.17, 15) is 26.4 Å². The Bertz CT molecular complexity index is 1650. The Morgan fingerprint density at radius 1 is 0.949 bits per heavy atom. The third kappa shape index (κ3) is 5.40. The van der Waals surface area contributed by atoms with Crippen molar-refractivity contribution in [2.24, 2.45) is 0 Å². The lowest BCUT2D eigenvalue weighted by Gasteiger charge is -2.29. The van der Waals surface area contributed by atoms with Crippen LogP contribution in [-0.4, -0.2) is 47.8 Å². The number of hydrogen-bond donors (Lipinski definition) is 1. The summed E-state index contributed by atoms with van der Waals surface area (Å²) in [5.41, 5.74) is 0.176. The quantitative estimate of drug-likeness (QED) is 0.296. The molecule has 39 heavy (non-hydrogen) atoms. The number of amides is 1. The molecule has 1 fully saturated rings. The number of alkyl halides is 3. The third-order valence-corrected chi connectivity index (χ3v) is 9.00. The zero-order valence-electron chi connectivity index (χ0n) is 20.4. The Morgan fingerprint density at radius 2 is 1.62 bits per heavy atom. The first kappa shape index (κ1) is 26.5. The number of aromatic nitrogens is 1. The first-order valence-corrected chi connectivity index (χ1v) is 13.6. The van der Waals surface area contributed by atoms with E-state index in [1.165, 1.54) is 29.3 Å². The molecule has 3 aromatic carbocycles. The second kappa shape index (κ2) is 10.2. The molecule has 1 aliphatic heterocycles. The van der Waals surface area contributed by atoms with Gasteiger partial charge >= 0.3 is 12.3 Å². The molecule has 0 saturated carbocycles. The molecule has 0 spiro atoms. The van der Waals surface area contributed by atoms with Crippen molar-refractivity contribution in [1.29, 1.82) is 0 Å². The molecule has 1 N–H and O–H groups in total. The van der Waals surface area contributed by atoms with Crippen LogP contribution in [0.3, 0.4) is 0 Å². The predicted molar refractivity (Wildman–Crippen MR) is 139 cm³/mol. The third-order valence-electron chi connectivity index (χ3n) is 6.74. The molecular formula is C28H23F3N2O5S. The molecule has 11 heteroatoms. The number of carbonyl (C=O) groups is 1. The van der Waals surface area contributed by atoms with Gasteiger partial charge in [-0.1, -0.05) is 30.3 Å². The topological polar surface area (TPSA) is 96.8 Å². The number of ether oxygens (including phenoxy) is 1. The van der Waals surface area contributed by atoms with E-state index in [2.05, 4.69) is 4.98 Å². The number of carboxylic acid groups (broad SMARTS) is 1. The van der Waals surface area contributed by atoms with Gasteiger partial charge in [0.15, 0.2) is 9.84 Å². The minimum Gasteiger partial charge on any atom is -0.465 e. The molecule has 7 nitrogen and oxygen atoms in total. The van der Waals surface area contributed by atoms with Gasteiger partial charge < -0.3 is 14.7 Å².